The van der Waals surface area contributed by atoms with Gasteiger partial charge in [-0.3, -0.25) is 4.79 Å². The van der Waals surface area contributed by atoms with Gasteiger partial charge in [-0.1, -0.05) is 32.9 Å². The Morgan fingerprint density at radius 2 is 2.06 bits per heavy atom. The van der Waals surface area contributed by atoms with Gasteiger partial charge in [0.15, 0.2) is 0 Å². The third-order valence-electron chi connectivity index (χ3n) is 2.76. The second-order valence-corrected chi connectivity index (χ2v) is 4.36. The molecule has 0 bridgehead atoms. The fourth-order valence-electron chi connectivity index (χ4n) is 1.29. The molecule has 0 aromatic heterocycles. The van der Waals surface area contributed by atoms with Crippen molar-refractivity contribution in [2.45, 2.75) is 27.4 Å². The molecule has 2 nitrogen and oxygen atoms in total. The van der Waals surface area contributed by atoms with Crippen molar-refractivity contribution >= 4 is 11.6 Å². The van der Waals surface area contributed by atoms with Gasteiger partial charge in [0, 0.05) is 11.6 Å². The van der Waals surface area contributed by atoms with Gasteiger partial charge >= 0.3 is 0 Å². The number of halogens is 1. The normalized spacial score (nSPS) is 12.6. The Hall–Kier alpha value is -1.38. The highest BCUT2D eigenvalue weighted by molar-refractivity contribution is 5.92. The molecular weight excluding hydrogens is 205 g/mol. The Labute approximate surface area is 95.9 Å². The SMILES string of the molecule is CC(C)C(C)C(=O)Nc1cccc(CF)c1. The second kappa shape index (κ2) is 5.64. The van der Waals surface area contributed by atoms with E-state index in [0.717, 1.165) is 0 Å². The van der Waals surface area contributed by atoms with Crippen LogP contribution in [-0.2, 0) is 11.5 Å². The minimum Gasteiger partial charge on any atom is -0.326 e. The average Bonchev–Trinajstić information content (AvgIpc) is 2.28. The van der Waals surface area contributed by atoms with Crippen LogP contribution in [0, 0.1) is 11.8 Å². The molecule has 0 saturated carbocycles. The summed E-state index contributed by atoms with van der Waals surface area (Å²) in [4.78, 5) is 11.7. The quantitative estimate of drug-likeness (QED) is 0.833. The highest BCUT2D eigenvalue weighted by Gasteiger charge is 2.16. The summed E-state index contributed by atoms with van der Waals surface area (Å²) in [7, 11) is 0. The molecular formula is C13H18FNO. The second-order valence-electron chi connectivity index (χ2n) is 4.36. The lowest BCUT2D eigenvalue weighted by molar-refractivity contribution is -0.120. The molecule has 0 radical (unpaired) electrons. The van der Waals surface area contributed by atoms with Crippen LogP contribution >= 0.6 is 0 Å². The maximum Gasteiger partial charge on any atom is 0.227 e. The van der Waals surface area contributed by atoms with E-state index in [1.165, 1.54) is 0 Å². The Morgan fingerprint density at radius 3 is 2.62 bits per heavy atom. The molecule has 88 valence electrons. The number of amides is 1. The highest BCUT2D eigenvalue weighted by atomic mass is 19.1. The fourth-order valence-corrected chi connectivity index (χ4v) is 1.29. The number of hydrogen-bond acceptors (Lipinski definition) is 1. The number of benzene rings is 1. The van der Waals surface area contributed by atoms with E-state index in [2.05, 4.69) is 5.32 Å². The van der Waals surface area contributed by atoms with Gasteiger partial charge in [-0.15, -0.1) is 0 Å². The number of carbonyl (C=O) groups excluding carboxylic acids is 1. The van der Waals surface area contributed by atoms with Gasteiger partial charge in [0.1, 0.15) is 6.67 Å². The van der Waals surface area contributed by atoms with Gasteiger partial charge in [-0.05, 0) is 23.6 Å². The van der Waals surface area contributed by atoms with Crippen LogP contribution < -0.4 is 5.32 Å². The molecule has 1 aromatic rings. The predicted octanol–water partition coefficient (Wildman–Crippen LogP) is 3.39. The van der Waals surface area contributed by atoms with Crippen molar-refractivity contribution < 1.29 is 9.18 Å². The van der Waals surface area contributed by atoms with E-state index in [0.29, 0.717) is 17.2 Å². The van der Waals surface area contributed by atoms with Crippen molar-refractivity contribution in [1.82, 2.24) is 0 Å². The molecule has 1 N–H and O–H groups in total. The van der Waals surface area contributed by atoms with E-state index >= 15 is 0 Å². The Bertz CT molecular complexity index is 363. The van der Waals surface area contributed by atoms with Crippen LogP contribution in [0.4, 0.5) is 10.1 Å². The molecule has 0 spiro atoms. The third kappa shape index (κ3) is 3.33. The van der Waals surface area contributed by atoms with Crippen LogP contribution in [0.3, 0.4) is 0 Å². The molecule has 0 heterocycles. The zero-order valence-corrected chi connectivity index (χ0v) is 9.96. The summed E-state index contributed by atoms with van der Waals surface area (Å²) in [5.41, 5.74) is 1.24. The molecule has 0 aliphatic rings. The first kappa shape index (κ1) is 12.7. The van der Waals surface area contributed by atoms with Crippen molar-refractivity contribution in [3.63, 3.8) is 0 Å². The lowest BCUT2D eigenvalue weighted by atomic mass is 9.97. The molecule has 3 heteroatoms. The number of alkyl halides is 1. The van der Waals surface area contributed by atoms with Crippen molar-refractivity contribution in [1.29, 1.82) is 0 Å². The summed E-state index contributed by atoms with van der Waals surface area (Å²) in [5.74, 6) is 0.226. The Morgan fingerprint density at radius 1 is 1.38 bits per heavy atom. The van der Waals surface area contributed by atoms with E-state index in [1.807, 2.05) is 20.8 Å². The first-order valence-electron chi connectivity index (χ1n) is 5.50. The summed E-state index contributed by atoms with van der Waals surface area (Å²) >= 11 is 0. The zero-order chi connectivity index (χ0) is 12.1. The molecule has 1 atom stereocenters. The van der Waals surface area contributed by atoms with Crippen molar-refractivity contribution in [3.05, 3.63) is 29.8 Å². The van der Waals surface area contributed by atoms with Gasteiger partial charge in [0.2, 0.25) is 5.91 Å². The first-order valence-corrected chi connectivity index (χ1v) is 5.50. The van der Waals surface area contributed by atoms with Gasteiger partial charge in [-0.2, -0.15) is 0 Å². The molecule has 0 saturated heterocycles. The molecule has 1 unspecified atom stereocenters. The van der Waals surface area contributed by atoms with Crippen molar-refractivity contribution in [2.24, 2.45) is 11.8 Å². The number of carbonyl (C=O) groups is 1. The van der Waals surface area contributed by atoms with E-state index in [4.69, 9.17) is 0 Å². The number of rotatable bonds is 4. The zero-order valence-electron chi connectivity index (χ0n) is 9.96. The summed E-state index contributed by atoms with van der Waals surface area (Å²) in [6.07, 6.45) is 0. The molecule has 1 aromatic carbocycles. The van der Waals surface area contributed by atoms with Crippen molar-refractivity contribution in [3.8, 4) is 0 Å². The molecule has 0 aliphatic heterocycles. The summed E-state index contributed by atoms with van der Waals surface area (Å²) < 4.78 is 12.4. The fraction of sp³-hybridized carbons (Fsp3) is 0.462. The number of anilines is 1. The predicted molar refractivity (Wildman–Crippen MR) is 63.9 cm³/mol. The highest BCUT2D eigenvalue weighted by Crippen LogP contribution is 2.15. The van der Waals surface area contributed by atoms with E-state index < -0.39 is 6.67 Å². The smallest absolute Gasteiger partial charge is 0.227 e. The number of hydrogen-bond donors (Lipinski definition) is 1. The lowest BCUT2D eigenvalue weighted by Crippen LogP contribution is -2.24. The standard InChI is InChI=1S/C13H18FNO/c1-9(2)10(3)13(16)15-12-6-4-5-11(7-12)8-14/h4-7,9-10H,8H2,1-3H3,(H,15,16). The van der Waals surface area contributed by atoms with Crippen LogP contribution in [0.15, 0.2) is 24.3 Å². The summed E-state index contributed by atoms with van der Waals surface area (Å²) in [5, 5.41) is 2.79. The van der Waals surface area contributed by atoms with E-state index in [1.54, 1.807) is 24.3 Å². The maximum atomic E-state index is 12.4. The van der Waals surface area contributed by atoms with E-state index in [9.17, 15) is 9.18 Å². The van der Waals surface area contributed by atoms with E-state index in [-0.39, 0.29) is 11.8 Å². The summed E-state index contributed by atoms with van der Waals surface area (Å²) in [6.45, 7) is 5.38. The third-order valence-corrected chi connectivity index (χ3v) is 2.76. The van der Waals surface area contributed by atoms with Crippen molar-refractivity contribution in [2.75, 3.05) is 5.32 Å². The van der Waals surface area contributed by atoms with Crippen LogP contribution in [0.2, 0.25) is 0 Å². The summed E-state index contributed by atoms with van der Waals surface area (Å²) in [6, 6.07) is 6.86. The molecule has 0 fully saturated rings. The molecule has 1 rings (SSSR count). The molecule has 0 aliphatic carbocycles. The van der Waals surface area contributed by atoms with Crippen LogP contribution in [0.1, 0.15) is 26.3 Å². The molecule has 1 amide bonds. The Kier molecular flexibility index (Phi) is 4.47. The number of nitrogens with one attached hydrogen (secondary N) is 1. The monoisotopic (exact) mass is 223 g/mol. The minimum absolute atomic E-state index is 0.0222. The Balaban J connectivity index is 2.69. The van der Waals surface area contributed by atoms with Crippen LogP contribution in [0.5, 0.6) is 0 Å². The topological polar surface area (TPSA) is 29.1 Å². The maximum absolute atomic E-state index is 12.4. The minimum atomic E-state index is -0.510. The van der Waals surface area contributed by atoms with Crippen LogP contribution in [-0.4, -0.2) is 5.91 Å². The van der Waals surface area contributed by atoms with Gasteiger partial charge < -0.3 is 5.32 Å². The van der Waals surface area contributed by atoms with Gasteiger partial charge in [0.05, 0.1) is 0 Å². The molecule has 16 heavy (non-hydrogen) atoms. The largest absolute Gasteiger partial charge is 0.326 e. The van der Waals surface area contributed by atoms with Gasteiger partial charge in [-0.25, -0.2) is 4.39 Å². The van der Waals surface area contributed by atoms with Gasteiger partial charge in [0.25, 0.3) is 0 Å². The lowest BCUT2D eigenvalue weighted by Gasteiger charge is -2.15. The first-order chi connectivity index (χ1) is 7.54. The van der Waals surface area contributed by atoms with Crippen LogP contribution in [0.25, 0.3) is 0 Å². The average molecular weight is 223 g/mol.